The van der Waals surface area contributed by atoms with Crippen molar-refractivity contribution in [2.24, 2.45) is 0 Å². The van der Waals surface area contributed by atoms with Gasteiger partial charge in [0.1, 0.15) is 35.8 Å². The number of esters is 3. The molecule has 0 saturated heterocycles. The summed E-state index contributed by atoms with van der Waals surface area (Å²) in [4.78, 5) is 64.0. The highest BCUT2D eigenvalue weighted by Crippen LogP contribution is 2.10. The van der Waals surface area contributed by atoms with Gasteiger partial charge in [-0.1, -0.05) is 0 Å². The Balaban J connectivity index is -0.000000484. The van der Waals surface area contributed by atoms with E-state index in [2.05, 4.69) is 0 Å². The number of ketones is 2. The Morgan fingerprint density at radius 2 is 0.921 bits per heavy atom. The molecule has 0 aromatic carbocycles. The van der Waals surface area contributed by atoms with Crippen molar-refractivity contribution in [3.8, 4) is 0 Å². The van der Waals surface area contributed by atoms with Gasteiger partial charge < -0.3 is 28.8 Å². The van der Waals surface area contributed by atoms with Crippen LogP contribution in [-0.2, 0) is 47.7 Å². The largest absolute Gasteiger partial charge is 0.481 e. The minimum atomic E-state index is -0.985. The minimum Gasteiger partial charge on any atom is -0.481 e. The van der Waals surface area contributed by atoms with E-state index < -0.39 is 34.7 Å². The highest BCUT2D eigenvalue weighted by Gasteiger charge is 2.17. The fourth-order valence-electron chi connectivity index (χ4n) is 2.12. The van der Waals surface area contributed by atoms with E-state index in [9.17, 15) is 28.8 Å². The molecular formula is C27H48O11. The van der Waals surface area contributed by atoms with Crippen molar-refractivity contribution in [2.75, 3.05) is 13.2 Å². The molecular weight excluding hydrogens is 500 g/mol. The van der Waals surface area contributed by atoms with Crippen LogP contribution in [0.3, 0.4) is 0 Å². The topological polar surface area (TPSA) is 160 Å². The lowest BCUT2D eigenvalue weighted by Crippen LogP contribution is -2.27. The molecule has 0 amide bonds. The van der Waals surface area contributed by atoms with Crippen LogP contribution < -0.4 is 0 Å². The predicted octanol–water partition coefficient (Wildman–Crippen LogP) is 4.21. The van der Waals surface area contributed by atoms with Crippen LogP contribution in [-0.4, -0.2) is 70.6 Å². The van der Waals surface area contributed by atoms with E-state index in [1.165, 1.54) is 13.8 Å². The molecule has 0 fully saturated rings. The maximum Gasteiger partial charge on any atom is 0.332 e. The molecule has 0 aliphatic rings. The third-order valence-corrected chi connectivity index (χ3v) is 3.24. The summed E-state index contributed by atoms with van der Waals surface area (Å²) < 4.78 is 19.7. The number of hydrogen-bond acceptors (Lipinski definition) is 10. The highest BCUT2D eigenvalue weighted by atomic mass is 16.6. The van der Waals surface area contributed by atoms with Gasteiger partial charge in [-0.25, -0.2) is 4.79 Å². The average molecular weight is 549 g/mol. The van der Waals surface area contributed by atoms with Gasteiger partial charge in [-0.15, -0.1) is 0 Å². The van der Waals surface area contributed by atoms with Crippen LogP contribution in [0.2, 0.25) is 0 Å². The summed E-state index contributed by atoms with van der Waals surface area (Å²) in [5, 5.41) is 8.25. The average Bonchev–Trinajstić information content (AvgIpc) is 2.62. The van der Waals surface area contributed by atoms with Crippen molar-refractivity contribution in [2.45, 2.75) is 125 Å². The van der Waals surface area contributed by atoms with Crippen molar-refractivity contribution in [1.29, 1.82) is 0 Å². The Bertz CT molecular complexity index is 719. The number of carboxylic acid groups (broad SMARTS) is 1. The molecule has 1 N–H and O–H groups in total. The summed E-state index contributed by atoms with van der Waals surface area (Å²) in [6.45, 7) is 18.7. The second kappa shape index (κ2) is 19.3. The molecule has 11 heteroatoms. The highest BCUT2D eigenvalue weighted by molar-refractivity contribution is 5.78. The zero-order chi connectivity index (χ0) is 30.7. The maximum atomic E-state index is 11.1. The Morgan fingerprint density at radius 1 is 0.526 bits per heavy atom. The number of carbonyl (C=O) groups is 6. The second-order valence-electron chi connectivity index (χ2n) is 11.4. The van der Waals surface area contributed by atoms with Crippen LogP contribution in [0.5, 0.6) is 0 Å². The molecule has 0 aromatic heterocycles. The van der Waals surface area contributed by atoms with Crippen molar-refractivity contribution < 1.29 is 52.8 Å². The fraction of sp³-hybridized carbons (Fsp3) is 0.778. The fourth-order valence-corrected chi connectivity index (χ4v) is 2.12. The van der Waals surface area contributed by atoms with Crippen LogP contribution in [0.1, 0.15) is 108 Å². The molecule has 38 heavy (non-hydrogen) atoms. The van der Waals surface area contributed by atoms with Gasteiger partial charge in [0.25, 0.3) is 0 Å². The van der Waals surface area contributed by atoms with Crippen LogP contribution in [0, 0.1) is 0 Å². The standard InChI is InChI=1S/C10H18O3.C9H16O4.C8H14O4/c1-8(11)6-5-7-9(12)13-10(2,3)4;1-7(10)5-12-6-8(11)13-9(2,3)4;1-8(2,3)12-7(11)5-4-6(9)10/h5-7H2,1-4H3;5-6H2,1-4H3;4-5H2,1-3H3,(H,9,10). The molecule has 0 atom stereocenters. The summed E-state index contributed by atoms with van der Waals surface area (Å²) in [6, 6.07) is 0. The first-order valence-electron chi connectivity index (χ1n) is 12.4. The van der Waals surface area contributed by atoms with E-state index in [4.69, 9.17) is 24.1 Å². The lowest BCUT2D eigenvalue weighted by atomic mass is 10.1. The molecule has 222 valence electrons. The normalized spacial score (nSPS) is 11.0. The summed E-state index contributed by atoms with van der Waals surface area (Å²) in [6.07, 6.45) is 1.14. The third kappa shape index (κ3) is 40.4. The maximum absolute atomic E-state index is 11.1. The summed E-state index contributed by atoms with van der Waals surface area (Å²) in [7, 11) is 0. The molecule has 0 heterocycles. The van der Waals surface area contributed by atoms with Crippen molar-refractivity contribution in [3.05, 3.63) is 0 Å². The van der Waals surface area contributed by atoms with Gasteiger partial charge >= 0.3 is 23.9 Å². The Hall–Kier alpha value is -2.82. The zero-order valence-electron chi connectivity index (χ0n) is 25.0. The van der Waals surface area contributed by atoms with E-state index in [-0.39, 0.29) is 43.6 Å². The van der Waals surface area contributed by atoms with Crippen molar-refractivity contribution in [1.82, 2.24) is 0 Å². The molecule has 0 saturated carbocycles. The Kier molecular flexibility index (Phi) is 20.1. The van der Waals surface area contributed by atoms with E-state index in [0.717, 1.165) is 0 Å². The van der Waals surface area contributed by atoms with Gasteiger partial charge in [-0.3, -0.25) is 19.2 Å². The van der Waals surface area contributed by atoms with Gasteiger partial charge in [0.15, 0.2) is 5.78 Å². The number of carbonyl (C=O) groups excluding carboxylic acids is 5. The molecule has 0 aromatic rings. The molecule has 0 bridgehead atoms. The lowest BCUT2D eigenvalue weighted by molar-refractivity contribution is -0.160. The van der Waals surface area contributed by atoms with Gasteiger partial charge in [0.2, 0.25) is 0 Å². The first-order chi connectivity index (χ1) is 16.9. The Morgan fingerprint density at radius 3 is 1.26 bits per heavy atom. The molecule has 0 aliphatic heterocycles. The smallest absolute Gasteiger partial charge is 0.332 e. The van der Waals surface area contributed by atoms with Gasteiger partial charge in [-0.05, 0) is 82.6 Å². The monoisotopic (exact) mass is 548 g/mol. The van der Waals surface area contributed by atoms with E-state index in [0.29, 0.717) is 19.3 Å². The molecule has 0 spiro atoms. The van der Waals surface area contributed by atoms with E-state index >= 15 is 0 Å². The SMILES string of the molecule is CC(=O)CCCC(=O)OC(C)(C)C.CC(=O)COCC(=O)OC(C)(C)C.CC(C)(C)OC(=O)CCC(=O)O. The van der Waals surface area contributed by atoms with Crippen LogP contribution in [0.4, 0.5) is 0 Å². The van der Waals surface area contributed by atoms with Gasteiger partial charge in [-0.2, -0.15) is 0 Å². The summed E-state index contributed by atoms with van der Waals surface area (Å²) >= 11 is 0. The quantitative estimate of drug-likeness (QED) is 0.291. The number of ether oxygens (including phenoxy) is 4. The van der Waals surface area contributed by atoms with Crippen LogP contribution in [0.15, 0.2) is 0 Å². The molecule has 0 rings (SSSR count). The minimum absolute atomic E-state index is 0.0424. The number of hydrogen-bond donors (Lipinski definition) is 1. The second-order valence-corrected chi connectivity index (χ2v) is 11.4. The van der Waals surface area contributed by atoms with Gasteiger partial charge in [0, 0.05) is 12.8 Å². The summed E-state index contributed by atoms with van der Waals surface area (Å²) in [5.41, 5.74) is -1.46. The molecule has 0 radical (unpaired) electrons. The van der Waals surface area contributed by atoms with Crippen molar-refractivity contribution >= 4 is 35.4 Å². The number of carboxylic acids is 1. The van der Waals surface area contributed by atoms with E-state index in [1.807, 2.05) is 20.8 Å². The molecule has 0 unspecified atom stereocenters. The van der Waals surface area contributed by atoms with Crippen LogP contribution >= 0.6 is 0 Å². The van der Waals surface area contributed by atoms with E-state index in [1.54, 1.807) is 41.5 Å². The third-order valence-electron chi connectivity index (χ3n) is 3.24. The lowest BCUT2D eigenvalue weighted by Gasteiger charge is -2.19. The first kappa shape index (κ1) is 39.7. The van der Waals surface area contributed by atoms with Crippen LogP contribution in [0.25, 0.3) is 0 Å². The molecule has 11 nitrogen and oxygen atoms in total. The number of Topliss-reactive ketones (excluding diaryl/α,β-unsaturated/α-hetero) is 2. The zero-order valence-corrected chi connectivity index (χ0v) is 25.0. The number of rotatable bonds is 11. The van der Waals surface area contributed by atoms with Gasteiger partial charge in [0.05, 0.1) is 12.8 Å². The first-order valence-corrected chi connectivity index (χ1v) is 12.4. The van der Waals surface area contributed by atoms with Crippen molar-refractivity contribution in [3.63, 3.8) is 0 Å². The Labute approximate surface area is 226 Å². The number of aliphatic carboxylic acids is 1. The predicted molar refractivity (Wildman–Crippen MR) is 140 cm³/mol. The molecule has 0 aliphatic carbocycles. The summed E-state index contributed by atoms with van der Waals surface area (Å²) in [5.74, 6) is -2.12.